The lowest BCUT2D eigenvalue weighted by Crippen LogP contribution is -2.34. The highest BCUT2D eigenvalue weighted by atomic mass is 32.2. The zero-order valence-corrected chi connectivity index (χ0v) is 11.9. The van der Waals surface area contributed by atoms with Crippen molar-refractivity contribution in [2.24, 2.45) is 5.14 Å². The van der Waals surface area contributed by atoms with Gasteiger partial charge in [-0.2, -0.15) is 0 Å². The maximum absolute atomic E-state index is 11.6. The van der Waals surface area contributed by atoms with Gasteiger partial charge >= 0.3 is 0 Å². The number of sulfonamides is 1. The van der Waals surface area contributed by atoms with Crippen LogP contribution in [0.15, 0.2) is 23.1 Å². The normalized spacial score (nSPS) is 11.2. The highest BCUT2D eigenvalue weighted by Crippen LogP contribution is 2.22. The van der Waals surface area contributed by atoms with E-state index in [4.69, 9.17) is 10.9 Å². The molecule has 0 radical (unpaired) electrons. The molecular weight excluding hydrogens is 268 g/mol. The molecule has 0 bridgehead atoms. The molecule has 0 heterocycles. The van der Waals surface area contributed by atoms with Crippen molar-refractivity contribution < 1.29 is 13.2 Å². The van der Waals surface area contributed by atoms with Gasteiger partial charge in [-0.3, -0.25) is 4.79 Å². The molecule has 19 heavy (non-hydrogen) atoms. The summed E-state index contributed by atoms with van der Waals surface area (Å²) in [6.45, 7) is 0.112. The zero-order chi connectivity index (χ0) is 14.8. The average molecular weight is 286 g/mol. The Hall–Kier alpha value is -1.80. The molecule has 0 unspecified atom stereocenters. The Balaban J connectivity index is 3.08. The van der Waals surface area contributed by atoms with Gasteiger partial charge in [0.15, 0.2) is 0 Å². The summed E-state index contributed by atoms with van der Waals surface area (Å²) in [6, 6.07) is 4.24. The molecule has 7 nitrogen and oxygen atoms in total. The summed E-state index contributed by atoms with van der Waals surface area (Å²) in [5, 5.41) is 5.07. The van der Waals surface area contributed by atoms with Gasteiger partial charge < -0.3 is 15.5 Å². The topological polar surface area (TPSA) is 110 Å². The minimum atomic E-state index is -3.83. The number of nitrogens with zero attached hydrogens (tertiary/aromatic N) is 2. The van der Waals surface area contributed by atoms with Crippen molar-refractivity contribution in [1.29, 1.82) is 0 Å². The van der Waals surface area contributed by atoms with Gasteiger partial charge in [0.05, 0.1) is 11.4 Å². The summed E-state index contributed by atoms with van der Waals surface area (Å²) >= 11 is 0. The van der Waals surface area contributed by atoms with E-state index in [2.05, 4.69) is 0 Å². The largest absolute Gasteiger partial charge is 0.399 e. The SMILES string of the molecule is CN(C)C(=O)CN(C)c1cc(N)cc(S(N)(=O)=O)c1. The van der Waals surface area contributed by atoms with Crippen LogP contribution in [0.25, 0.3) is 0 Å². The molecule has 1 aromatic carbocycles. The quantitative estimate of drug-likeness (QED) is 0.721. The van der Waals surface area contributed by atoms with Crippen LogP contribution in [0.5, 0.6) is 0 Å². The first-order valence-electron chi connectivity index (χ1n) is 5.46. The van der Waals surface area contributed by atoms with E-state index in [0.717, 1.165) is 0 Å². The van der Waals surface area contributed by atoms with Crippen molar-refractivity contribution in [3.8, 4) is 0 Å². The van der Waals surface area contributed by atoms with Crippen LogP contribution in [0.1, 0.15) is 0 Å². The summed E-state index contributed by atoms with van der Waals surface area (Å²) in [5.74, 6) is -0.109. The second kappa shape index (κ2) is 5.45. The van der Waals surface area contributed by atoms with Crippen LogP contribution in [0.2, 0.25) is 0 Å². The number of primary sulfonamides is 1. The molecule has 0 atom stereocenters. The van der Waals surface area contributed by atoms with E-state index in [-0.39, 0.29) is 23.0 Å². The average Bonchev–Trinajstić information content (AvgIpc) is 2.26. The molecule has 8 heteroatoms. The molecule has 0 spiro atoms. The summed E-state index contributed by atoms with van der Waals surface area (Å²) in [6.07, 6.45) is 0. The smallest absolute Gasteiger partial charge is 0.241 e. The van der Waals surface area contributed by atoms with Crippen molar-refractivity contribution >= 4 is 27.3 Å². The van der Waals surface area contributed by atoms with Gasteiger partial charge in [0.2, 0.25) is 15.9 Å². The Bertz CT molecular complexity index is 584. The number of nitrogens with two attached hydrogens (primary N) is 2. The molecular formula is C11H18N4O3S. The van der Waals surface area contributed by atoms with E-state index in [9.17, 15) is 13.2 Å². The Morgan fingerprint density at radius 2 is 1.79 bits per heavy atom. The van der Waals surface area contributed by atoms with Crippen LogP contribution in [-0.2, 0) is 14.8 Å². The van der Waals surface area contributed by atoms with Gasteiger partial charge in [0, 0.05) is 32.5 Å². The zero-order valence-electron chi connectivity index (χ0n) is 11.1. The third kappa shape index (κ3) is 4.11. The second-order valence-corrected chi connectivity index (χ2v) is 6.01. The number of hydrogen-bond donors (Lipinski definition) is 2. The Morgan fingerprint density at radius 3 is 2.26 bits per heavy atom. The molecule has 0 aliphatic rings. The van der Waals surface area contributed by atoms with Crippen molar-refractivity contribution in [2.45, 2.75) is 4.90 Å². The van der Waals surface area contributed by atoms with Gasteiger partial charge in [0.25, 0.3) is 0 Å². The molecule has 4 N–H and O–H groups in total. The minimum Gasteiger partial charge on any atom is -0.399 e. The number of anilines is 2. The summed E-state index contributed by atoms with van der Waals surface area (Å²) in [7, 11) is 1.13. The fraction of sp³-hybridized carbons (Fsp3) is 0.364. The molecule has 1 aromatic rings. The lowest BCUT2D eigenvalue weighted by molar-refractivity contribution is -0.127. The van der Waals surface area contributed by atoms with E-state index in [1.54, 1.807) is 32.1 Å². The molecule has 106 valence electrons. The Morgan fingerprint density at radius 1 is 1.21 bits per heavy atom. The van der Waals surface area contributed by atoms with Crippen LogP contribution in [0.4, 0.5) is 11.4 Å². The van der Waals surface area contributed by atoms with E-state index < -0.39 is 10.0 Å². The van der Waals surface area contributed by atoms with Crippen molar-refractivity contribution in [3.05, 3.63) is 18.2 Å². The van der Waals surface area contributed by atoms with E-state index >= 15 is 0 Å². The summed E-state index contributed by atoms with van der Waals surface area (Å²) in [4.78, 5) is 14.6. The van der Waals surface area contributed by atoms with E-state index in [0.29, 0.717) is 5.69 Å². The highest BCUT2D eigenvalue weighted by molar-refractivity contribution is 7.89. The molecule has 1 amide bonds. The lowest BCUT2D eigenvalue weighted by atomic mass is 10.2. The number of rotatable bonds is 4. The second-order valence-electron chi connectivity index (χ2n) is 4.45. The number of benzene rings is 1. The fourth-order valence-electron chi connectivity index (χ4n) is 1.43. The Kier molecular flexibility index (Phi) is 4.38. The molecule has 0 aromatic heterocycles. The van der Waals surface area contributed by atoms with E-state index in [1.807, 2.05) is 0 Å². The maximum Gasteiger partial charge on any atom is 0.241 e. The van der Waals surface area contributed by atoms with Crippen molar-refractivity contribution in [2.75, 3.05) is 38.3 Å². The first-order valence-corrected chi connectivity index (χ1v) is 7.00. The third-order valence-electron chi connectivity index (χ3n) is 2.55. The van der Waals surface area contributed by atoms with Crippen LogP contribution in [0, 0.1) is 0 Å². The monoisotopic (exact) mass is 286 g/mol. The van der Waals surface area contributed by atoms with Crippen LogP contribution in [0.3, 0.4) is 0 Å². The fourth-order valence-corrected chi connectivity index (χ4v) is 2.01. The molecule has 0 saturated carbocycles. The Labute approximate surface area is 112 Å². The van der Waals surface area contributed by atoms with Gasteiger partial charge in [-0.15, -0.1) is 0 Å². The predicted octanol–water partition coefficient (Wildman–Crippen LogP) is -0.559. The number of likely N-dealkylation sites (N-methyl/N-ethyl adjacent to an activating group) is 2. The summed E-state index contributed by atoms with van der Waals surface area (Å²) in [5.41, 5.74) is 6.42. The van der Waals surface area contributed by atoms with Gasteiger partial charge in [-0.1, -0.05) is 0 Å². The molecule has 1 rings (SSSR count). The van der Waals surface area contributed by atoms with Crippen LogP contribution in [-0.4, -0.2) is 46.9 Å². The number of carbonyl (C=O) groups excluding carboxylic acids is 1. The highest BCUT2D eigenvalue weighted by Gasteiger charge is 2.14. The molecule has 0 saturated heterocycles. The predicted molar refractivity (Wildman–Crippen MR) is 74.2 cm³/mol. The standard InChI is InChI=1S/C11H18N4O3S/c1-14(2)11(16)7-15(3)9-4-8(12)5-10(6-9)19(13,17)18/h4-6H,7,12H2,1-3H3,(H2,13,17,18). The van der Waals surface area contributed by atoms with Crippen molar-refractivity contribution in [3.63, 3.8) is 0 Å². The van der Waals surface area contributed by atoms with Crippen LogP contribution >= 0.6 is 0 Å². The molecule has 0 fully saturated rings. The maximum atomic E-state index is 11.6. The van der Waals surface area contributed by atoms with Crippen LogP contribution < -0.4 is 15.8 Å². The number of carbonyl (C=O) groups is 1. The van der Waals surface area contributed by atoms with Gasteiger partial charge in [-0.25, -0.2) is 13.6 Å². The lowest BCUT2D eigenvalue weighted by Gasteiger charge is -2.21. The first-order chi connectivity index (χ1) is 8.61. The number of amides is 1. The number of hydrogen-bond acceptors (Lipinski definition) is 5. The van der Waals surface area contributed by atoms with E-state index in [1.165, 1.54) is 17.0 Å². The minimum absolute atomic E-state index is 0.0772. The first kappa shape index (κ1) is 15.3. The number of nitrogen functional groups attached to an aromatic ring is 1. The molecule has 0 aliphatic heterocycles. The van der Waals surface area contributed by atoms with Gasteiger partial charge in [-0.05, 0) is 18.2 Å². The summed E-state index contributed by atoms with van der Waals surface area (Å²) < 4.78 is 22.6. The molecule has 0 aliphatic carbocycles. The van der Waals surface area contributed by atoms with Crippen molar-refractivity contribution in [1.82, 2.24) is 4.90 Å². The van der Waals surface area contributed by atoms with Gasteiger partial charge in [0.1, 0.15) is 0 Å². The third-order valence-corrected chi connectivity index (χ3v) is 3.45.